The molecule has 0 unspecified atom stereocenters. The van der Waals surface area contributed by atoms with E-state index in [4.69, 9.17) is 29.0 Å². The molecule has 1 aromatic carbocycles. The van der Waals surface area contributed by atoms with Crippen molar-refractivity contribution in [3.63, 3.8) is 0 Å². The van der Waals surface area contributed by atoms with Crippen molar-refractivity contribution in [3.05, 3.63) is 50.9 Å². The van der Waals surface area contributed by atoms with Crippen LogP contribution >= 0.6 is 23.2 Å². The summed E-state index contributed by atoms with van der Waals surface area (Å²) in [5.41, 5.74) is 5.19. The average molecular weight is 297 g/mol. The van der Waals surface area contributed by atoms with E-state index in [0.717, 1.165) is 16.8 Å². The highest BCUT2D eigenvalue weighted by Gasteiger charge is 2.11. The predicted octanol–water partition coefficient (Wildman–Crippen LogP) is 3.28. The predicted molar refractivity (Wildman–Crippen MR) is 78.6 cm³/mol. The summed E-state index contributed by atoms with van der Waals surface area (Å²) in [4.78, 5) is 8.80. The highest BCUT2D eigenvalue weighted by Crippen LogP contribution is 2.26. The Bertz CT molecular complexity index is 594. The number of hydrogen-bond acceptors (Lipinski definition) is 4. The normalized spacial score (nSPS) is 10.6. The number of halogens is 2. The summed E-state index contributed by atoms with van der Waals surface area (Å²) >= 11 is 12.3. The van der Waals surface area contributed by atoms with Gasteiger partial charge in [-0.2, -0.15) is 0 Å². The number of aromatic nitrogens is 2. The van der Waals surface area contributed by atoms with Gasteiger partial charge < -0.3 is 5.43 Å². The van der Waals surface area contributed by atoms with E-state index in [9.17, 15) is 0 Å². The lowest BCUT2D eigenvalue weighted by molar-refractivity contribution is 0.925. The minimum absolute atomic E-state index is 0.467. The third-order valence-electron chi connectivity index (χ3n) is 2.97. The van der Waals surface area contributed by atoms with Crippen molar-refractivity contribution in [2.75, 3.05) is 5.43 Å². The number of hydrazine groups is 1. The Labute approximate surface area is 121 Å². The first-order valence-electron chi connectivity index (χ1n) is 5.76. The number of benzene rings is 1. The zero-order valence-corrected chi connectivity index (χ0v) is 12.2. The Morgan fingerprint density at radius 3 is 2.37 bits per heavy atom. The lowest BCUT2D eigenvalue weighted by atomic mass is 10.1. The van der Waals surface area contributed by atoms with Crippen molar-refractivity contribution in [2.24, 2.45) is 5.84 Å². The molecule has 6 heteroatoms. The van der Waals surface area contributed by atoms with Gasteiger partial charge in [0, 0.05) is 27.7 Å². The van der Waals surface area contributed by atoms with Crippen LogP contribution in [0.25, 0.3) is 0 Å². The molecule has 0 atom stereocenters. The molecule has 0 radical (unpaired) electrons. The first kappa shape index (κ1) is 14.1. The Balaban J connectivity index is 2.41. The van der Waals surface area contributed by atoms with Crippen LogP contribution in [0, 0.1) is 13.8 Å². The number of aryl methyl sites for hydroxylation is 1. The van der Waals surface area contributed by atoms with Gasteiger partial charge in [-0.15, -0.1) is 0 Å². The summed E-state index contributed by atoms with van der Waals surface area (Å²) < 4.78 is 0. The molecule has 2 aromatic rings. The van der Waals surface area contributed by atoms with Crippen molar-refractivity contribution in [1.82, 2.24) is 9.97 Å². The molecule has 100 valence electrons. The zero-order chi connectivity index (χ0) is 14.0. The van der Waals surface area contributed by atoms with Gasteiger partial charge in [-0.25, -0.2) is 15.8 Å². The fraction of sp³-hybridized carbons (Fsp3) is 0.231. The summed E-state index contributed by atoms with van der Waals surface area (Å²) in [6.07, 6.45) is 0.467. The maximum atomic E-state index is 6.14. The highest BCUT2D eigenvalue weighted by atomic mass is 35.5. The molecule has 1 heterocycles. The SMILES string of the molecule is Cc1nc(Cc2c(Cl)cccc2Cl)nc(NN)c1C. The lowest BCUT2D eigenvalue weighted by Gasteiger charge is -2.11. The van der Waals surface area contributed by atoms with Gasteiger partial charge in [-0.05, 0) is 31.5 Å². The molecule has 1 aromatic heterocycles. The number of anilines is 1. The Hall–Kier alpha value is -1.36. The molecule has 0 saturated heterocycles. The summed E-state index contributed by atoms with van der Waals surface area (Å²) in [6, 6.07) is 5.40. The number of rotatable bonds is 3. The molecule has 0 saturated carbocycles. The number of hydrogen-bond donors (Lipinski definition) is 2. The molecule has 0 bridgehead atoms. The molecule has 4 nitrogen and oxygen atoms in total. The minimum atomic E-state index is 0.467. The average Bonchev–Trinajstić information content (AvgIpc) is 2.38. The first-order valence-corrected chi connectivity index (χ1v) is 6.52. The fourth-order valence-electron chi connectivity index (χ4n) is 1.77. The van der Waals surface area contributed by atoms with Crippen LogP contribution in [0.4, 0.5) is 5.82 Å². The van der Waals surface area contributed by atoms with E-state index < -0.39 is 0 Å². The largest absolute Gasteiger partial charge is 0.308 e. The fourth-order valence-corrected chi connectivity index (χ4v) is 2.30. The molecule has 19 heavy (non-hydrogen) atoms. The molecule has 0 spiro atoms. The van der Waals surface area contributed by atoms with Crippen LogP contribution < -0.4 is 11.3 Å². The highest BCUT2D eigenvalue weighted by molar-refractivity contribution is 6.36. The van der Waals surface area contributed by atoms with Crippen molar-refractivity contribution < 1.29 is 0 Å². The molecule has 0 aliphatic carbocycles. The second kappa shape index (κ2) is 5.74. The minimum Gasteiger partial charge on any atom is -0.308 e. The van der Waals surface area contributed by atoms with Crippen LogP contribution in [-0.4, -0.2) is 9.97 Å². The van der Waals surface area contributed by atoms with Gasteiger partial charge in [-0.1, -0.05) is 29.3 Å². The smallest absolute Gasteiger partial charge is 0.146 e. The monoisotopic (exact) mass is 296 g/mol. The van der Waals surface area contributed by atoms with Crippen LogP contribution in [0.3, 0.4) is 0 Å². The van der Waals surface area contributed by atoms with Gasteiger partial charge >= 0.3 is 0 Å². The molecule has 0 amide bonds. The quantitative estimate of drug-likeness (QED) is 0.674. The van der Waals surface area contributed by atoms with Crippen molar-refractivity contribution in [3.8, 4) is 0 Å². The van der Waals surface area contributed by atoms with Crippen LogP contribution in [0.2, 0.25) is 10.0 Å². The first-order chi connectivity index (χ1) is 9.02. The number of nitrogen functional groups attached to an aromatic ring is 1. The van der Waals surface area contributed by atoms with Gasteiger partial charge in [0.25, 0.3) is 0 Å². The summed E-state index contributed by atoms with van der Waals surface area (Å²) in [7, 11) is 0. The van der Waals surface area contributed by atoms with E-state index in [0.29, 0.717) is 28.1 Å². The summed E-state index contributed by atoms with van der Waals surface area (Å²) in [5.74, 6) is 6.70. The molecule has 0 aliphatic heterocycles. The van der Waals surface area contributed by atoms with E-state index in [1.807, 2.05) is 19.9 Å². The second-order valence-corrected chi connectivity index (χ2v) is 5.03. The van der Waals surface area contributed by atoms with Crippen LogP contribution in [-0.2, 0) is 6.42 Å². The van der Waals surface area contributed by atoms with Gasteiger partial charge in [0.15, 0.2) is 0 Å². The summed E-state index contributed by atoms with van der Waals surface area (Å²) in [6.45, 7) is 3.83. The maximum Gasteiger partial charge on any atom is 0.146 e. The van der Waals surface area contributed by atoms with E-state index >= 15 is 0 Å². The molecule has 0 aliphatic rings. The van der Waals surface area contributed by atoms with E-state index in [2.05, 4.69) is 15.4 Å². The Kier molecular flexibility index (Phi) is 4.24. The van der Waals surface area contributed by atoms with E-state index in [-0.39, 0.29) is 0 Å². The van der Waals surface area contributed by atoms with Crippen molar-refractivity contribution >= 4 is 29.0 Å². The Morgan fingerprint density at radius 1 is 1.16 bits per heavy atom. The van der Waals surface area contributed by atoms with Gasteiger partial charge in [0.1, 0.15) is 11.6 Å². The number of nitrogens with two attached hydrogens (primary N) is 1. The van der Waals surface area contributed by atoms with Crippen molar-refractivity contribution in [1.29, 1.82) is 0 Å². The van der Waals surface area contributed by atoms with Gasteiger partial charge in [0.2, 0.25) is 0 Å². The van der Waals surface area contributed by atoms with Crippen LogP contribution in [0.1, 0.15) is 22.6 Å². The van der Waals surface area contributed by atoms with E-state index in [1.165, 1.54) is 0 Å². The number of nitrogens with zero attached hydrogens (tertiary/aromatic N) is 2. The molecular weight excluding hydrogens is 283 g/mol. The third kappa shape index (κ3) is 2.97. The Morgan fingerprint density at radius 2 is 1.79 bits per heavy atom. The molecule has 2 rings (SSSR count). The third-order valence-corrected chi connectivity index (χ3v) is 3.68. The lowest BCUT2D eigenvalue weighted by Crippen LogP contribution is -2.13. The number of nitrogens with one attached hydrogen (secondary N) is 1. The maximum absolute atomic E-state index is 6.14. The van der Waals surface area contributed by atoms with Gasteiger partial charge in [-0.3, -0.25) is 0 Å². The second-order valence-electron chi connectivity index (χ2n) is 4.22. The van der Waals surface area contributed by atoms with Crippen LogP contribution in [0.15, 0.2) is 18.2 Å². The standard InChI is InChI=1S/C13H14Cl2N4/c1-7-8(2)17-12(18-13(7)19-16)6-9-10(14)4-3-5-11(9)15/h3-5H,6,16H2,1-2H3,(H,17,18,19). The van der Waals surface area contributed by atoms with E-state index in [1.54, 1.807) is 12.1 Å². The molecular formula is C13H14Cl2N4. The molecule has 3 N–H and O–H groups in total. The molecule has 0 fully saturated rings. The van der Waals surface area contributed by atoms with Gasteiger partial charge in [0.05, 0.1) is 0 Å². The summed E-state index contributed by atoms with van der Waals surface area (Å²) in [5, 5.41) is 1.22. The van der Waals surface area contributed by atoms with Crippen LogP contribution in [0.5, 0.6) is 0 Å². The zero-order valence-electron chi connectivity index (χ0n) is 10.7. The topological polar surface area (TPSA) is 63.8 Å². The van der Waals surface area contributed by atoms with Crippen molar-refractivity contribution in [2.45, 2.75) is 20.3 Å².